The Balaban J connectivity index is 0.00000144. The third-order valence-electron chi connectivity index (χ3n) is 1.45. The molecule has 2 N–H and O–H groups in total. The lowest BCUT2D eigenvalue weighted by atomic mass is 10.3. The SMILES string of the molecule is CCC(N)CSc1nnc(C)s1.Cl. The molecule has 0 spiro atoms. The summed E-state index contributed by atoms with van der Waals surface area (Å²) in [6.45, 7) is 4.05. The van der Waals surface area contributed by atoms with Crippen LogP contribution in [0, 0.1) is 6.92 Å². The van der Waals surface area contributed by atoms with E-state index in [2.05, 4.69) is 17.1 Å². The van der Waals surface area contributed by atoms with E-state index in [1.54, 1.807) is 23.1 Å². The monoisotopic (exact) mass is 239 g/mol. The smallest absolute Gasteiger partial charge is 0.174 e. The molecular formula is C7H14ClN3S2. The van der Waals surface area contributed by atoms with Crippen LogP contribution in [-0.2, 0) is 0 Å². The van der Waals surface area contributed by atoms with Gasteiger partial charge in [-0.2, -0.15) is 0 Å². The minimum atomic E-state index is 0. The van der Waals surface area contributed by atoms with Gasteiger partial charge in [0.15, 0.2) is 4.34 Å². The first kappa shape index (κ1) is 13.2. The number of aromatic nitrogens is 2. The quantitative estimate of drug-likeness (QED) is 0.818. The highest BCUT2D eigenvalue weighted by molar-refractivity contribution is 8.01. The lowest BCUT2D eigenvalue weighted by molar-refractivity contribution is 0.724. The summed E-state index contributed by atoms with van der Waals surface area (Å²) < 4.78 is 1.02. The van der Waals surface area contributed by atoms with Gasteiger partial charge in [-0.25, -0.2) is 0 Å². The molecule has 0 aromatic carbocycles. The normalized spacial score (nSPS) is 12.2. The maximum atomic E-state index is 5.76. The molecule has 0 aliphatic rings. The lowest BCUT2D eigenvalue weighted by Gasteiger charge is -2.04. The summed E-state index contributed by atoms with van der Waals surface area (Å²) in [6, 6.07) is 0.277. The van der Waals surface area contributed by atoms with Gasteiger partial charge in [-0.05, 0) is 13.3 Å². The van der Waals surface area contributed by atoms with Crippen molar-refractivity contribution in [2.75, 3.05) is 5.75 Å². The first-order valence-electron chi connectivity index (χ1n) is 3.91. The van der Waals surface area contributed by atoms with Crippen molar-refractivity contribution in [1.29, 1.82) is 0 Å². The van der Waals surface area contributed by atoms with Gasteiger partial charge in [-0.15, -0.1) is 22.6 Å². The average Bonchev–Trinajstić information content (AvgIpc) is 2.47. The van der Waals surface area contributed by atoms with Gasteiger partial charge in [0, 0.05) is 11.8 Å². The third-order valence-corrected chi connectivity index (χ3v) is 3.61. The van der Waals surface area contributed by atoms with Crippen molar-refractivity contribution in [1.82, 2.24) is 10.2 Å². The Kier molecular flexibility index (Phi) is 6.67. The van der Waals surface area contributed by atoms with E-state index in [0.29, 0.717) is 0 Å². The van der Waals surface area contributed by atoms with Crippen LogP contribution in [0.1, 0.15) is 18.4 Å². The van der Waals surface area contributed by atoms with Crippen molar-refractivity contribution in [2.24, 2.45) is 5.73 Å². The molecule has 0 radical (unpaired) electrons. The second-order valence-corrected chi connectivity index (χ2v) is 5.02. The minimum absolute atomic E-state index is 0. The fourth-order valence-corrected chi connectivity index (χ4v) is 2.54. The Hall–Kier alpha value is 0.160. The summed E-state index contributed by atoms with van der Waals surface area (Å²) >= 11 is 3.32. The summed E-state index contributed by atoms with van der Waals surface area (Å²) in [4.78, 5) is 0. The van der Waals surface area contributed by atoms with Gasteiger partial charge in [-0.3, -0.25) is 0 Å². The predicted octanol–water partition coefficient (Wildman–Crippen LogP) is 2.10. The number of halogens is 1. The van der Waals surface area contributed by atoms with Crippen molar-refractivity contribution in [3.63, 3.8) is 0 Å². The summed E-state index contributed by atoms with van der Waals surface area (Å²) in [7, 11) is 0. The second kappa shape index (κ2) is 6.59. The molecule has 0 aliphatic carbocycles. The predicted molar refractivity (Wildman–Crippen MR) is 60.9 cm³/mol. The summed E-state index contributed by atoms with van der Waals surface area (Å²) in [5, 5.41) is 8.94. The first-order valence-corrected chi connectivity index (χ1v) is 5.71. The van der Waals surface area contributed by atoms with Gasteiger partial charge in [0.05, 0.1) is 0 Å². The Labute approximate surface area is 92.9 Å². The van der Waals surface area contributed by atoms with Crippen LogP contribution in [0.3, 0.4) is 0 Å². The average molecular weight is 240 g/mol. The topological polar surface area (TPSA) is 51.8 Å². The molecule has 6 heteroatoms. The Morgan fingerprint density at radius 2 is 2.23 bits per heavy atom. The van der Waals surface area contributed by atoms with Gasteiger partial charge >= 0.3 is 0 Å². The molecule has 1 aromatic heterocycles. The fourth-order valence-electron chi connectivity index (χ4n) is 0.633. The molecule has 0 bridgehead atoms. The first-order chi connectivity index (χ1) is 5.72. The van der Waals surface area contributed by atoms with Crippen molar-refractivity contribution >= 4 is 35.5 Å². The number of rotatable bonds is 4. The maximum Gasteiger partial charge on any atom is 0.174 e. The van der Waals surface area contributed by atoms with Crippen LogP contribution in [-0.4, -0.2) is 22.0 Å². The summed E-state index contributed by atoms with van der Waals surface area (Å²) in [6.07, 6.45) is 1.02. The molecular weight excluding hydrogens is 226 g/mol. The van der Waals surface area contributed by atoms with Crippen LogP contribution < -0.4 is 5.73 Å². The number of thioether (sulfide) groups is 1. The molecule has 0 saturated heterocycles. The highest BCUT2D eigenvalue weighted by Gasteiger charge is 2.04. The van der Waals surface area contributed by atoms with Crippen LogP contribution in [0.5, 0.6) is 0 Å². The van der Waals surface area contributed by atoms with Crippen LogP contribution >= 0.6 is 35.5 Å². The van der Waals surface area contributed by atoms with Crippen molar-refractivity contribution in [2.45, 2.75) is 30.6 Å². The molecule has 0 aliphatic heterocycles. The third kappa shape index (κ3) is 4.81. The largest absolute Gasteiger partial charge is 0.327 e. The van der Waals surface area contributed by atoms with Crippen molar-refractivity contribution in [3.05, 3.63) is 5.01 Å². The van der Waals surface area contributed by atoms with E-state index in [1.165, 1.54) is 0 Å². The van der Waals surface area contributed by atoms with E-state index in [-0.39, 0.29) is 18.4 Å². The molecule has 0 fully saturated rings. The van der Waals surface area contributed by atoms with E-state index in [4.69, 9.17) is 5.73 Å². The van der Waals surface area contributed by atoms with Crippen LogP contribution in [0.15, 0.2) is 4.34 Å². The van der Waals surface area contributed by atoms with Crippen molar-refractivity contribution in [3.8, 4) is 0 Å². The van der Waals surface area contributed by atoms with Gasteiger partial charge in [-0.1, -0.05) is 30.0 Å². The fraction of sp³-hybridized carbons (Fsp3) is 0.714. The highest BCUT2D eigenvalue weighted by Crippen LogP contribution is 2.22. The number of aryl methyl sites for hydroxylation is 1. The zero-order chi connectivity index (χ0) is 8.97. The van der Waals surface area contributed by atoms with Crippen LogP contribution in [0.4, 0.5) is 0 Å². The van der Waals surface area contributed by atoms with E-state index < -0.39 is 0 Å². The molecule has 1 rings (SSSR count). The van der Waals surface area contributed by atoms with E-state index in [0.717, 1.165) is 21.5 Å². The van der Waals surface area contributed by atoms with Crippen LogP contribution in [0.25, 0.3) is 0 Å². The Bertz CT molecular complexity index is 241. The summed E-state index contributed by atoms with van der Waals surface area (Å²) in [5.41, 5.74) is 5.76. The highest BCUT2D eigenvalue weighted by atomic mass is 35.5. The van der Waals surface area contributed by atoms with Gasteiger partial charge in [0.25, 0.3) is 0 Å². The number of nitrogens with zero attached hydrogens (tertiary/aromatic N) is 2. The molecule has 1 aromatic rings. The second-order valence-electron chi connectivity index (χ2n) is 2.57. The molecule has 1 heterocycles. The van der Waals surface area contributed by atoms with Gasteiger partial charge < -0.3 is 5.73 Å². The summed E-state index contributed by atoms with van der Waals surface area (Å²) in [5.74, 6) is 0.936. The van der Waals surface area contributed by atoms with Gasteiger partial charge in [0.2, 0.25) is 0 Å². The van der Waals surface area contributed by atoms with E-state index in [1.807, 2.05) is 6.92 Å². The zero-order valence-corrected chi connectivity index (χ0v) is 10.1. The number of hydrogen-bond donors (Lipinski definition) is 1. The maximum absolute atomic E-state index is 5.76. The zero-order valence-electron chi connectivity index (χ0n) is 7.69. The molecule has 0 amide bonds. The van der Waals surface area contributed by atoms with Crippen molar-refractivity contribution < 1.29 is 0 Å². The molecule has 13 heavy (non-hydrogen) atoms. The van der Waals surface area contributed by atoms with E-state index >= 15 is 0 Å². The number of nitrogens with two attached hydrogens (primary N) is 1. The molecule has 3 nitrogen and oxygen atoms in total. The standard InChI is InChI=1S/C7H13N3S2.ClH/c1-3-6(8)4-11-7-10-9-5(2)12-7;/h6H,3-4,8H2,1-2H3;1H. The molecule has 1 unspecified atom stereocenters. The molecule has 1 atom stereocenters. The number of hydrogen-bond acceptors (Lipinski definition) is 5. The Morgan fingerprint density at radius 1 is 1.54 bits per heavy atom. The minimum Gasteiger partial charge on any atom is -0.327 e. The van der Waals surface area contributed by atoms with Crippen LogP contribution in [0.2, 0.25) is 0 Å². The molecule has 0 saturated carbocycles. The van der Waals surface area contributed by atoms with Gasteiger partial charge in [0.1, 0.15) is 5.01 Å². The lowest BCUT2D eigenvalue weighted by Crippen LogP contribution is -2.21. The Morgan fingerprint density at radius 3 is 2.69 bits per heavy atom. The van der Waals surface area contributed by atoms with E-state index in [9.17, 15) is 0 Å². The molecule has 76 valence electrons.